The largest absolute Gasteiger partial charge is 0.495 e. The van der Waals surface area contributed by atoms with Gasteiger partial charge in [-0.1, -0.05) is 12.1 Å². The van der Waals surface area contributed by atoms with Gasteiger partial charge in [0.15, 0.2) is 0 Å². The van der Waals surface area contributed by atoms with Gasteiger partial charge < -0.3 is 19.5 Å². The summed E-state index contributed by atoms with van der Waals surface area (Å²) in [6.45, 7) is 0.658. The summed E-state index contributed by atoms with van der Waals surface area (Å²) < 4.78 is 43.5. The lowest BCUT2D eigenvalue weighted by molar-refractivity contribution is 0.102. The van der Waals surface area contributed by atoms with E-state index < -0.39 is 15.9 Å². The van der Waals surface area contributed by atoms with Crippen molar-refractivity contribution in [2.45, 2.75) is 4.90 Å². The molecule has 2 aromatic carbocycles. The lowest BCUT2D eigenvalue weighted by Gasteiger charge is -2.12. The smallest absolute Gasteiger partial charge is 0.262 e. The Morgan fingerprint density at radius 3 is 2.38 bits per heavy atom. The van der Waals surface area contributed by atoms with Gasteiger partial charge in [0.2, 0.25) is 5.88 Å². The number of carbonyl (C=O) groups excluding carboxylic acids is 1. The third-order valence-electron chi connectivity index (χ3n) is 4.32. The third-order valence-corrected chi connectivity index (χ3v) is 5.71. The zero-order valence-electron chi connectivity index (χ0n) is 17.6. The molecule has 1 heterocycles. The first-order chi connectivity index (χ1) is 15.4. The number of ether oxygens (including phenoxy) is 3. The second-order valence-electron chi connectivity index (χ2n) is 6.48. The fourth-order valence-corrected chi connectivity index (χ4v) is 3.81. The number of sulfonamides is 1. The van der Waals surface area contributed by atoms with E-state index in [1.54, 1.807) is 49.7 Å². The Hall–Kier alpha value is -3.63. The summed E-state index contributed by atoms with van der Waals surface area (Å²) in [5, 5.41) is 2.72. The maximum Gasteiger partial charge on any atom is 0.262 e. The van der Waals surface area contributed by atoms with Crippen LogP contribution in [0.25, 0.3) is 0 Å². The van der Waals surface area contributed by atoms with Crippen molar-refractivity contribution < 1.29 is 27.4 Å². The summed E-state index contributed by atoms with van der Waals surface area (Å²) in [5.74, 6) is 0.224. The first kappa shape index (κ1) is 23.0. The van der Waals surface area contributed by atoms with Crippen molar-refractivity contribution in [3.63, 3.8) is 0 Å². The molecular weight excluding hydrogens is 434 g/mol. The van der Waals surface area contributed by atoms with Crippen molar-refractivity contribution in [3.8, 4) is 11.6 Å². The third kappa shape index (κ3) is 5.74. The summed E-state index contributed by atoms with van der Waals surface area (Å²) in [7, 11) is -0.859. The Morgan fingerprint density at radius 2 is 1.66 bits per heavy atom. The zero-order chi connectivity index (χ0) is 23.0. The minimum Gasteiger partial charge on any atom is -0.495 e. The van der Waals surface area contributed by atoms with Crippen LogP contribution < -0.4 is 19.5 Å². The van der Waals surface area contributed by atoms with Crippen LogP contribution in [0.15, 0.2) is 71.8 Å². The van der Waals surface area contributed by atoms with Gasteiger partial charge in [-0.3, -0.25) is 9.52 Å². The van der Waals surface area contributed by atoms with Crippen molar-refractivity contribution in [3.05, 3.63) is 72.4 Å². The van der Waals surface area contributed by atoms with E-state index in [1.165, 1.54) is 31.4 Å². The number of amides is 1. The highest BCUT2D eigenvalue weighted by Gasteiger charge is 2.18. The molecule has 168 valence electrons. The van der Waals surface area contributed by atoms with Crippen LogP contribution in [-0.2, 0) is 14.8 Å². The van der Waals surface area contributed by atoms with Crippen LogP contribution in [0, 0.1) is 0 Å². The first-order valence-corrected chi connectivity index (χ1v) is 11.1. The molecule has 0 aliphatic heterocycles. The van der Waals surface area contributed by atoms with E-state index in [9.17, 15) is 13.2 Å². The molecular formula is C22H23N3O6S. The number of hydrogen-bond donors (Lipinski definition) is 2. The predicted octanol–water partition coefficient (Wildman–Crippen LogP) is 3.17. The van der Waals surface area contributed by atoms with E-state index in [4.69, 9.17) is 14.2 Å². The molecule has 0 unspecified atom stereocenters. The average Bonchev–Trinajstić information content (AvgIpc) is 2.80. The van der Waals surface area contributed by atoms with Crippen LogP contribution in [-0.4, -0.2) is 46.7 Å². The normalized spacial score (nSPS) is 10.9. The number of methoxy groups -OCH3 is 2. The van der Waals surface area contributed by atoms with E-state index in [1.807, 2.05) is 0 Å². The van der Waals surface area contributed by atoms with Crippen molar-refractivity contribution >= 4 is 27.3 Å². The molecule has 0 fully saturated rings. The molecule has 32 heavy (non-hydrogen) atoms. The maximum absolute atomic E-state index is 12.7. The molecule has 0 radical (unpaired) electrons. The van der Waals surface area contributed by atoms with Crippen LogP contribution in [0.1, 0.15) is 10.4 Å². The lowest BCUT2D eigenvalue weighted by atomic mass is 10.2. The summed E-state index contributed by atoms with van der Waals surface area (Å²) in [6, 6.07) is 15.6. The van der Waals surface area contributed by atoms with E-state index in [0.717, 1.165) is 0 Å². The fourth-order valence-electron chi connectivity index (χ4n) is 2.74. The molecule has 0 spiro atoms. The van der Waals surface area contributed by atoms with E-state index in [2.05, 4.69) is 15.0 Å². The lowest BCUT2D eigenvalue weighted by Crippen LogP contribution is -2.16. The van der Waals surface area contributed by atoms with Gasteiger partial charge >= 0.3 is 0 Å². The van der Waals surface area contributed by atoms with Gasteiger partial charge in [0.25, 0.3) is 15.9 Å². The Labute approximate surface area is 186 Å². The van der Waals surface area contributed by atoms with Gasteiger partial charge in [-0.25, -0.2) is 13.4 Å². The fraction of sp³-hybridized carbons (Fsp3) is 0.182. The first-order valence-electron chi connectivity index (χ1n) is 9.58. The highest BCUT2D eigenvalue weighted by Crippen LogP contribution is 2.26. The zero-order valence-corrected chi connectivity index (χ0v) is 18.4. The molecule has 0 saturated heterocycles. The molecule has 0 aliphatic carbocycles. The summed E-state index contributed by atoms with van der Waals surface area (Å²) >= 11 is 0. The van der Waals surface area contributed by atoms with Crippen molar-refractivity contribution in [1.82, 2.24) is 4.98 Å². The standard InChI is InChI=1S/C22H23N3O6S/c1-29-14-15-31-22-19(7-5-13-23-22)24-21(26)16-9-11-17(12-10-16)32(27,28)25-18-6-3-4-8-20(18)30-2/h3-13,25H,14-15H2,1-2H3,(H,24,26). The topological polar surface area (TPSA) is 116 Å². The minimum absolute atomic E-state index is 0.00456. The van der Waals surface area contributed by atoms with Crippen LogP contribution in [0.2, 0.25) is 0 Å². The average molecular weight is 458 g/mol. The quantitative estimate of drug-likeness (QED) is 0.449. The molecule has 3 rings (SSSR count). The van der Waals surface area contributed by atoms with Crippen molar-refractivity contribution in [2.24, 2.45) is 0 Å². The van der Waals surface area contributed by atoms with E-state index >= 15 is 0 Å². The molecule has 0 saturated carbocycles. The van der Waals surface area contributed by atoms with Crippen LogP contribution in [0.3, 0.4) is 0 Å². The Morgan fingerprint density at radius 1 is 0.938 bits per heavy atom. The van der Waals surface area contributed by atoms with Crippen molar-refractivity contribution in [1.29, 1.82) is 0 Å². The van der Waals surface area contributed by atoms with Crippen LogP contribution in [0.4, 0.5) is 11.4 Å². The summed E-state index contributed by atoms with van der Waals surface area (Å²) in [6.07, 6.45) is 1.55. The number of nitrogens with zero attached hydrogens (tertiary/aromatic N) is 1. The van der Waals surface area contributed by atoms with Crippen LogP contribution in [0.5, 0.6) is 11.6 Å². The Kier molecular flexibility index (Phi) is 7.63. The van der Waals surface area contributed by atoms with Gasteiger partial charge in [0.1, 0.15) is 18.0 Å². The van der Waals surface area contributed by atoms with Crippen LogP contribution >= 0.6 is 0 Å². The number of para-hydroxylation sites is 2. The van der Waals surface area contributed by atoms with E-state index in [0.29, 0.717) is 23.7 Å². The van der Waals surface area contributed by atoms with Gasteiger partial charge in [-0.05, 0) is 48.5 Å². The number of benzene rings is 2. The number of pyridine rings is 1. The van der Waals surface area contributed by atoms with Crippen molar-refractivity contribution in [2.75, 3.05) is 37.5 Å². The minimum atomic E-state index is -3.87. The predicted molar refractivity (Wildman–Crippen MR) is 120 cm³/mol. The number of rotatable bonds is 10. The molecule has 0 atom stereocenters. The summed E-state index contributed by atoms with van der Waals surface area (Å²) in [5.41, 5.74) is 0.977. The summed E-state index contributed by atoms with van der Waals surface area (Å²) in [4.78, 5) is 16.7. The SMILES string of the molecule is COCCOc1ncccc1NC(=O)c1ccc(S(=O)(=O)Nc2ccccc2OC)cc1. The monoisotopic (exact) mass is 457 g/mol. The molecule has 10 heteroatoms. The van der Waals surface area contributed by atoms with E-state index in [-0.39, 0.29) is 22.9 Å². The molecule has 3 aromatic rings. The molecule has 1 amide bonds. The number of carbonyl (C=O) groups is 1. The Balaban J connectivity index is 1.72. The number of hydrogen-bond acceptors (Lipinski definition) is 7. The molecule has 2 N–H and O–H groups in total. The van der Waals surface area contributed by atoms with Gasteiger partial charge in [0.05, 0.1) is 24.3 Å². The van der Waals surface area contributed by atoms with Gasteiger partial charge in [-0.15, -0.1) is 0 Å². The second-order valence-corrected chi connectivity index (χ2v) is 8.16. The highest BCUT2D eigenvalue weighted by atomic mass is 32.2. The Bertz CT molecular complexity index is 1170. The van der Waals surface area contributed by atoms with Gasteiger partial charge in [-0.2, -0.15) is 0 Å². The van der Waals surface area contributed by atoms with Gasteiger partial charge in [0, 0.05) is 18.9 Å². The number of nitrogens with one attached hydrogen (secondary N) is 2. The second kappa shape index (κ2) is 10.6. The maximum atomic E-state index is 12.7. The molecule has 1 aromatic heterocycles. The number of anilines is 2. The number of aromatic nitrogens is 1. The molecule has 0 bridgehead atoms. The molecule has 9 nitrogen and oxygen atoms in total. The highest BCUT2D eigenvalue weighted by molar-refractivity contribution is 7.92. The molecule has 0 aliphatic rings.